The fourth-order valence-electron chi connectivity index (χ4n) is 1.28. The number of rotatable bonds is 7. The van der Waals surface area contributed by atoms with E-state index in [9.17, 15) is 4.79 Å². The Balaban J connectivity index is 2.10. The van der Waals surface area contributed by atoms with E-state index in [1.165, 1.54) is 6.39 Å². The zero-order valence-corrected chi connectivity index (χ0v) is 9.60. The maximum Gasteiger partial charge on any atom is 0.307 e. The van der Waals surface area contributed by atoms with Crippen molar-refractivity contribution in [2.75, 3.05) is 13.2 Å². The highest BCUT2D eigenvalue weighted by Crippen LogP contribution is 1.95. The number of hydrogen-bond donors (Lipinski definition) is 1. The van der Waals surface area contributed by atoms with Crippen LogP contribution in [0.3, 0.4) is 0 Å². The van der Waals surface area contributed by atoms with Gasteiger partial charge in [0, 0.05) is 19.0 Å². The Labute approximate surface area is 94.4 Å². The quantitative estimate of drug-likeness (QED) is 0.685. The number of nitrogens with zero attached hydrogens (tertiary/aromatic N) is 2. The second-order valence-electron chi connectivity index (χ2n) is 3.46. The molecule has 0 fully saturated rings. The summed E-state index contributed by atoms with van der Waals surface area (Å²) in [5, 5.41) is 6.87. The van der Waals surface area contributed by atoms with Gasteiger partial charge in [-0.05, 0) is 13.8 Å². The van der Waals surface area contributed by atoms with Gasteiger partial charge < -0.3 is 14.6 Å². The topological polar surface area (TPSA) is 77.2 Å². The van der Waals surface area contributed by atoms with E-state index in [2.05, 4.69) is 20.0 Å². The standard InChI is InChI=1S/C10H17N3O3/c1-3-15-10(14)6-8(2)11-5-4-9-12-7-16-13-9/h7-8,11H,3-6H2,1-2H3. The van der Waals surface area contributed by atoms with E-state index in [0.29, 0.717) is 31.8 Å². The van der Waals surface area contributed by atoms with Crippen LogP contribution in [0.15, 0.2) is 10.9 Å². The molecule has 0 aliphatic carbocycles. The summed E-state index contributed by atoms with van der Waals surface area (Å²) in [7, 11) is 0. The molecule has 90 valence electrons. The predicted octanol–water partition coefficient (Wildman–Crippen LogP) is 0.543. The van der Waals surface area contributed by atoms with Gasteiger partial charge in [-0.2, -0.15) is 4.98 Å². The largest absolute Gasteiger partial charge is 0.466 e. The third kappa shape index (κ3) is 4.88. The minimum Gasteiger partial charge on any atom is -0.466 e. The van der Waals surface area contributed by atoms with Crippen LogP contribution >= 0.6 is 0 Å². The lowest BCUT2D eigenvalue weighted by atomic mass is 10.2. The summed E-state index contributed by atoms with van der Waals surface area (Å²) in [6.07, 6.45) is 2.36. The summed E-state index contributed by atoms with van der Waals surface area (Å²) >= 11 is 0. The number of carbonyl (C=O) groups is 1. The smallest absolute Gasteiger partial charge is 0.307 e. The van der Waals surface area contributed by atoms with Crippen molar-refractivity contribution < 1.29 is 14.1 Å². The van der Waals surface area contributed by atoms with Crippen LogP contribution in [0.1, 0.15) is 26.1 Å². The first-order valence-electron chi connectivity index (χ1n) is 5.36. The van der Waals surface area contributed by atoms with Crippen LogP contribution in [-0.4, -0.2) is 35.3 Å². The number of ether oxygens (including phenoxy) is 1. The molecule has 0 saturated carbocycles. The van der Waals surface area contributed by atoms with Crippen molar-refractivity contribution in [2.24, 2.45) is 0 Å². The van der Waals surface area contributed by atoms with Gasteiger partial charge >= 0.3 is 5.97 Å². The number of carbonyl (C=O) groups excluding carboxylic acids is 1. The summed E-state index contributed by atoms with van der Waals surface area (Å²) in [4.78, 5) is 15.0. The Morgan fingerprint density at radius 3 is 3.12 bits per heavy atom. The van der Waals surface area contributed by atoms with Gasteiger partial charge in [0.2, 0.25) is 6.39 Å². The fraction of sp³-hybridized carbons (Fsp3) is 0.700. The second-order valence-corrected chi connectivity index (χ2v) is 3.46. The Hall–Kier alpha value is -1.43. The van der Waals surface area contributed by atoms with Crippen LogP contribution in [0.5, 0.6) is 0 Å². The summed E-state index contributed by atoms with van der Waals surface area (Å²) < 4.78 is 9.45. The molecule has 1 unspecified atom stereocenters. The van der Waals surface area contributed by atoms with Crippen molar-refractivity contribution >= 4 is 5.97 Å². The molecule has 6 nitrogen and oxygen atoms in total. The Kier molecular flexibility index (Phi) is 5.49. The molecule has 0 radical (unpaired) electrons. The molecule has 0 spiro atoms. The van der Waals surface area contributed by atoms with Crippen LogP contribution in [0.2, 0.25) is 0 Å². The molecule has 0 amide bonds. The van der Waals surface area contributed by atoms with Crippen molar-refractivity contribution in [3.63, 3.8) is 0 Å². The Morgan fingerprint density at radius 1 is 1.69 bits per heavy atom. The summed E-state index contributed by atoms with van der Waals surface area (Å²) in [5.41, 5.74) is 0. The monoisotopic (exact) mass is 227 g/mol. The molecule has 0 aliphatic rings. The van der Waals surface area contributed by atoms with Gasteiger partial charge in [-0.3, -0.25) is 4.79 Å². The average molecular weight is 227 g/mol. The first-order valence-corrected chi connectivity index (χ1v) is 5.36. The molecule has 1 rings (SSSR count). The zero-order chi connectivity index (χ0) is 11.8. The Bertz CT molecular complexity index is 300. The average Bonchev–Trinajstić information content (AvgIpc) is 2.70. The van der Waals surface area contributed by atoms with Gasteiger partial charge in [-0.15, -0.1) is 0 Å². The van der Waals surface area contributed by atoms with E-state index in [1.54, 1.807) is 6.92 Å². The van der Waals surface area contributed by atoms with Gasteiger partial charge in [0.1, 0.15) is 0 Å². The molecule has 6 heteroatoms. The van der Waals surface area contributed by atoms with Crippen molar-refractivity contribution in [3.05, 3.63) is 12.2 Å². The molecule has 0 bridgehead atoms. The van der Waals surface area contributed by atoms with E-state index in [-0.39, 0.29) is 12.0 Å². The molecule has 0 saturated heterocycles. The SMILES string of the molecule is CCOC(=O)CC(C)NCCc1ncon1. The summed E-state index contributed by atoms with van der Waals surface area (Å²) in [6, 6.07) is 0.0888. The van der Waals surface area contributed by atoms with Gasteiger partial charge in [-0.25, -0.2) is 0 Å². The lowest BCUT2D eigenvalue weighted by Crippen LogP contribution is -2.31. The summed E-state index contributed by atoms with van der Waals surface area (Å²) in [5.74, 6) is 0.484. The molecule has 0 aromatic carbocycles. The van der Waals surface area contributed by atoms with Crippen LogP contribution in [0, 0.1) is 0 Å². The van der Waals surface area contributed by atoms with Crippen LogP contribution in [0.25, 0.3) is 0 Å². The van der Waals surface area contributed by atoms with Crippen molar-refractivity contribution in [3.8, 4) is 0 Å². The molecule has 1 heterocycles. The van der Waals surface area contributed by atoms with E-state index < -0.39 is 0 Å². The van der Waals surface area contributed by atoms with E-state index >= 15 is 0 Å². The van der Waals surface area contributed by atoms with Crippen LogP contribution in [0.4, 0.5) is 0 Å². The number of nitrogens with one attached hydrogen (secondary N) is 1. The lowest BCUT2D eigenvalue weighted by Gasteiger charge is -2.11. The zero-order valence-electron chi connectivity index (χ0n) is 9.60. The molecule has 1 atom stereocenters. The van der Waals surface area contributed by atoms with Crippen molar-refractivity contribution in [1.82, 2.24) is 15.5 Å². The predicted molar refractivity (Wildman–Crippen MR) is 56.7 cm³/mol. The first-order chi connectivity index (χ1) is 7.72. The molecule has 1 N–H and O–H groups in total. The molecular formula is C10H17N3O3. The molecule has 16 heavy (non-hydrogen) atoms. The second kappa shape index (κ2) is 6.95. The molecular weight excluding hydrogens is 210 g/mol. The molecule has 1 aromatic heterocycles. The third-order valence-electron chi connectivity index (χ3n) is 2.03. The molecule has 1 aromatic rings. The van der Waals surface area contributed by atoms with Crippen LogP contribution in [-0.2, 0) is 16.0 Å². The minimum atomic E-state index is -0.179. The van der Waals surface area contributed by atoms with Gasteiger partial charge in [0.25, 0.3) is 0 Å². The summed E-state index contributed by atoms with van der Waals surface area (Å²) in [6.45, 7) is 4.87. The van der Waals surface area contributed by atoms with Gasteiger partial charge in [-0.1, -0.05) is 5.16 Å². The van der Waals surface area contributed by atoms with Gasteiger partial charge in [0.15, 0.2) is 5.82 Å². The first kappa shape index (κ1) is 12.6. The van der Waals surface area contributed by atoms with E-state index in [4.69, 9.17) is 4.74 Å². The minimum absolute atomic E-state index is 0.0888. The molecule has 0 aliphatic heterocycles. The van der Waals surface area contributed by atoms with Crippen LogP contribution < -0.4 is 5.32 Å². The third-order valence-corrected chi connectivity index (χ3v) is 2.03. The number of hydrogen-bond acceptors (Lipinski definition) is 6. The Morgan fingerprint density at radius 2 is 2.50 bits per heavy atom. The van der Waals surface area contributed by atoms with E-state index in [0.717, 1.165) is 0 Å². The van der Waals surface area contributed by atoms with Gasteiger partial charge in [0.05, 0.1) is 13.0 Å². The van der Waals surface area contributed by atoms with E-state index in [1.807, 2.05) is 6.92 Å². The number of esters is 1. The maximum atomic E-state index is 11.1. The highest BCUT2D eigenvalue weighted by molar-refractivity contribution is 5.69. The number of aromatic nitrogens is 2. The normalized spacial score (nSPS) is 12.4. The maximum absolute atomic E-state index is 11.1. The lowest BCUT2D eigenvalue weighted by molar-refractivity contribution is -0.143. The highest BCUT2D eigenvalue weighted by Gasteiger charge is 2.09. The highest BCUT2D eigenvalue weighted by atomic mass is 16.5. The van der Waals surface area contributed by atoms with Crippen molar-refractivity contribution in [2.45, 2.75) is 32.7 Å². The fourth-order valence-corrected chi connectivity index (χ4v) is 1.28. The van der Waals surface area contributed by atoms with Crippen molar-refractivity contribution in [1.29, 1.82) is 0 Å².